The molecule has 104 valence electrons. The molecule has 0 spiro atoms. The zero-order valence-electron chi connectivity index (χ0n) is 10.3. The highest BCUT2D eigenvalue weighted by Gasteiger charge is 2.29. The second-order valence-electron chi connectivity index (χ2n) is 4.71. The van der Waals surface area contributed by atoms with Crippen LogP contribution in [0.4, 0.5) is 4.39 Å². The highest BCUT2D eigenvalue weighted by Crippen LogP contribution is 2.43. The molecule has 1 heterocycles. The molecule has 20 heavy (non-hydrogen) atoms. The van der Waals surface area contributed by atoms with Gasteiger partial charge in [-0.1, -0.05) is 39.7 Å². The first-order chi connectivity index (χ1) is 9.54. The van der Waals surface area contributed by atoms with Crippen LogP contribution in [0.15, 0.2) is 40.9 Å². The highest BCUT2D eigenvalue weighted by molar-refractivity contribution is 9.10. The van der Waals surface area contributed by atoms with Crippen molar-refractivity contribution in [1.29, 1.82) is 0 Å². The van der Waals surface area contributed by atoms with Gasteiger partial charge >= 0.3 is 0 Å². The molecular formula is C15H11BrClFO2. The first-order valence-electron chi connectivity index (χ1n) is 6.13. The molecule has 0 amide bonds. The fourth-order valence-corrected chi connectivity index (χ4v) is 3.00. The van der Waals surface area contributed by atoms with Crippen molar-refractivity contribution in [3.63, 3.8) is 0 Å². The molecule has 2 aromatic carbocycles. The molecule has 2 unspecified atom stereocenters. The van der Waals surface area contributed by atoms with Crippen molar-refractivity contribution in [2.24, 2.45) is 0 Å². The summed E-state index contributed by atoms with van der Waals surface area (Å²) in [5, 5.41) is 10.5. The minimum Gasteiger partial charge on any atom is -0.485 e. The Balaban J connectivity index is 1.98. The van der Waals surface area contributed by atoms with E-state index in [0.717, 1.165) is 10.0 Å². The van der Waals surface area contributed by atoms with Crippen molar-refractivity contribution in [3.05, 3.63) is 62.8 Å². The van der Waals surface area contributed by atoms with E-state index in [9.17, 15) is 9.50 Å². The van der Waals surface area contributed by atoms with Gasteiger partial charge in [-0.05, 0) is 24.3 Å². The van der Waals surface area contributed by atoms with Crippen LogP contribution in [0.2, 0.25) is 5.02 Å². The van der Waals surface area contributed by atoms with Crippen LogP contribution in [0.3, 0.4) is 0 Å². The Labute approximate surface area is 129 Å². The summed E-state index contributed by atoms with van der Waals surface area (Å²) < 4.78 is 19.9. The van der Waals surface area contributed by atoms with Gasteiger partial charge in [0.1, 0.15) is 17.7 Å². The first kappa shape index (κ1) is 13.9. The fourth-order valence-electron chi connectivity index (χ4n) is 2.37. The Morgan fingerprint density at radius 2 is 1.95 bits per heavy atom. The molecular weight excluding hydrogens is 347 g/mol. The Morgan fingerprint density at radius 3 is 2.70 bits per heavy atom. The lowest BCUT2D eigenvalue weighted by Gasteiger charge is -2.30. The molecule has 0 radical (unpaired) electrons. The summed E-state index contributed by atoms with van der Waals surface area (Å²) in [7, 11) is 0. The lowest BCUT2D eigenvalue weighted by molar-refractivity contribution is 0.0657. The van der Waals surface area contributed by atoms with Gasteiger partial charge in [0.05, 0.1) is 11.1 Å². The number of halogens is 3. The monoisotopic (exact) mass is 356 g/mol. The third-order valence-electron chi connectivity index (χ3n) is 3.35. The van der Waals surface area contributed by atoms with E-state index in [1.54, 1.807) is 6.07 Å². The largest absolute Gasteiger partial charge is 0.485 e. The van der Waals surface area contributed by atoms with Gasteiger partial charge < -0.3 is 9.84 Å². The van der Waals surface area contributed by atoms with Crippen LogP contribution in [-0.2, 0) is 0 Å². The van der Waals surface area contributed by atoms with Crippen LogP contribution in [0, 0.1) is 5.82 Å². The van der Waals surface area contributed by atoms with Gasteiger partial charge in [0, 0.05) is 22.0 Å². The number of benzene rings is 2. The van der Waals surface area contributed by atoms with Crippen LogP contribution < -0.4 is 4.74 Å². The SMILES string of the molecule is OC1CC(c2ccc(F)cc2Cl)Oc2cc(Br)ccc21. The minimum absolute atomic E-state index is 0.306. The molecule has 1 aliphatic rings. The molecule has 2 atom stereocenters. The number of hydrogen-bond donors (Lipinski definition) is 1. The van der Waals surface area contributed by atoms with Gasteiger partial charge in [-0.2, -0.15) is 0 Å². The van der Waals surface area contributed by atoms with Gasteiger partial charge in [0.25, 0.3) is 0 Å². The van der Waals surface area contributed by atoms with Gasteiger partial charge in [-0.15, -0.1) is 0 Å². The summed E-state index contributed by atoms with van der Waals surface area (Å²) in [5.41, 5.74) is 1.43. The van der Waals surface area contributed by atoms with Gasteiger partial charge in [0.2, 0.25) is 0 Å². The number of rotatable bonds is 1. The predicted molar refractivity (Wildman–Crippen MR) is 78.5 cm³/mol. The number of fused-ring (bicyclic) bond motifs is 1. The first-order valence-corrected chi connectivity index (χ1v) is 7.31. The van der Waals surface area contributed by atoms with E-state index in [1.807, 2.05) is 18.2 Å². The van der Waals surface area contributed by atoms with E-state index < -0.39 is 11.9 Å². The van der Waals surface area contributed by atoms with Crippen LogP contribution in [0.1, 0.15) is 29.8 Å². The lowest BCUT2D eigenvalue weighted by atomic mass is 9.95. The van der Waals surface area contributed by atoms with E-state index in [2.05, 4.69) is 15.9 Å². The second kappa shape index (κ2) is 5.35. The Bertz CT molecular complexity index is 662. The van der Waals surface area contributed by atoms with Crippen molar-refractivity contribution in [2.75, 3.05) is 0 Å². The van der Waals surface area contributed by atoms with Gasteiger partial charge in [-0.25, -0.2) is 4.39 Å². The standard InChI is InChI=1S/C15H11BrClFO2/c16-8-1-3-11-13(19)7-15(20-14(11)5-8)10-4-2-9(18)6-12(10)17/h1-6,13,15,19H,7H2. The van der Waals surface area contributed by atoms with Crippen molar-refractivity contribution in [2.45, 2.75) is 18.6 Å². The van der Waals surface area contributed by atoms with E-state index in [0.29, 0.717) is 22.8 Å². The number of aliphatic hydroxyl groups is 1. The van der Waals surface area contributed by atoms with Crippen molar-refractivity contribution in [1.82, 2.24) is 0 Å². The summed E-state index contributed by atoms with van der Waals surface area (Å²) in [6.45, 7) is 0. The fraction of sp³-hybridized carbons (Fsp3) is 0.200. The summed E-state index contributed by atoms with van der Waals surface area (Å²) in [6, 6.07) is 9.68. The topological polar surface area (TPSA) is 29.5 Å². The average molecular weight is 358 g/mol. The van der Waals surface area contributed by atoms with Crippen LogP contribution in [0.25, 0.3) is 0 Å². The van der Waals surface area contributed by atoms with E-state index >= 15 is 0 Å². The smallest absolute Gasteiger partial charge is 0.128 e. The van der Waals surface area contributed by atoms with Crippen molar-refractivity contribution in [3.8, 4) is 5.75 Å². The quantitative estimate of drug-likeness (QED) is 0.794. The third-order valence-corrected chi connectivity index (χ3v) is 4.17. The molecule has 3 rings (SSSR count). The molecule has 0 fully saturated rings. The Kier molecular flexibility index (Phi) is 3.71. The molecule has 2 nitrogen and oxygen atoms in total. The predicted octanol–water partition coefficient (Wildman–Crippen LogP) is 4.80. The normalized spacial score (nSPS) is 21.2. The number of aliphatic hydroxyl groups excluding tert-OH is 1. The van der Waals surface area contributed by atoms with Gasteiger partial charge in [-0.3, -0.25) is 0 Å². The molecule has 0 saturated carbocycles. The van der Waals surface area contributed by atoms with Crippen LogP contribution in [-0.4, -0.2) is 5.11 Å². The molecule has 0 bridgehead atoms. The molecule has 0 aromatic heterocycles. The van der Waals surface area contributed by atoms with E-state index in [-0.39, 0.29) is 6.10 Å². The minimum atomic E-state index is -0.627. The molecule has 0 saturated heterocycles. The second-order valence-corrected chi connectivity index (χ2v) is 6.03. The third kappa shape index (κ3) is 2.55. The molecule has 1 N–H and O–H groups in total. The average Bonchev–Trinajstić information content (AvgIpc) is 2.37. The Hall–Kier alpha value is -1.10. The summed E-state index contributed by atoms with van der Waals surface area (Å²) >= 11 is 9.43. The lowest BCUT2D eigenvalue weighted by Crippen LogP contribution is -2.19. The Morgan fingerprint density at radius 1 is 1.20 bits per heavy atom. The maximum absolute atomic E-state index is 13.1. The van der Waals surface area contributed by atoms with Crippen molar-refractivity contribution < 1.29 is 14.2 Å². The van der Waals surface area contributed by atoms with Gasteiger partial charge in [0.15, 0.2) is 0 Å². The summed E-state index contributed by atoms with van der Waals surface area (Å²) in [5.74, 6) is 0.224. The van der Waals surface area contributed by atoms with E-state index in [1.165, 1.54) is 12.1 Å². The summed E-state index contributed by atoms with van der Waals surface area (Å²) in [4.78, 5) is 0. The highest BCUT2D eigenvalue weighted by atomic mass is 79.9. The molecule has 2 aromatic rings. The summed E-state index contributed by atoms with van der Waals surface area (Å²) in [6.07, 6.45) is -0.627. The number of hydrogen-bond acceptors (Lipinski definition) is 2. The van der Waals surface area contributed by atoms with Crippen LogP contribution in [0.5, 0.6) is 5.75 Å². The molecule has 1 aliphatic heterocycles. The zero-order valence-corrected chi connectivity index (χ0v) is 12.7. The maximum Gasteiger partial charge on any atom is 0.128 e. The molecule has 0 aliphatic carbocycles. The molecule has 5 heteroatoms. The van der Waals surface area contributed by atoms with Crippen LogP contribution >= 0.6 is 27.5 Å². The van der Waals surface area contributed by atoms with E-state index in [4.69, 9.17) is 16.3 Å². The zero-order chi connectivity index (χ0) is 14.3. The number of ether oxygens (including phenoxy) is 1. The maximum atomic E-state index is 13.1. The van der Waals surface area contributed by atoms with Crippen molar-refractivity contribution >= 4 is 27.5 Å².